The normalized spacial score (nSPS) is 11.4. The number of halogens is 1. The molecule has 0 atom stereocenters. The number of hydrogen-bond acceptors (Lipinski definition) is 5. The number of hydrogen-bond donors (Lipinski definition) is 0. The van der Waals surface area contributed by atoms with E-state index in [2.05, 4.69) is 102 Å². The molecule has 0 aliphatic carbocycles. The molecule has 5 rings (SSSR count). The Hall–Kier alpha value is -2.84. The maximum atomic E-state index is 8.49. The standard InChI is InChI=1S/C24H18NS.ClHO4/c1-17-16-21(18-10-4-2-5-11-18)25-20-14-8-9-15-22(20)26-24(25)23(17)19-12-6-3-7-13-19;2-1(3,4)5/h2-16H,1H3;(H,2,3,4,5)/q+1;/p-1. The number of nitrogens with zero attached hydrogens (tertiary/aromatic N) is 1. The lowest BCUT2D eigenvalue weighted by Gasteiger charge is -2.17. The fraction of sp³-hybridized carbons (Fsp3) is 0.0417. The van der Waals surface area contributed by atoms with E-state index < -0.39 is 10.2 Å². The van der Waals surface area contributed by atoms with Crippen molar-refractivity contribution in [3.8, 4) is 22.4 Å². The van der Waals surface area contributed by atoms with E-state index in [0.29, 0.717) is 0 Å². The second-order valence-electron chi connectivity index (χ2n) is 6.91. The van der Waals surface area contributed by atoms with Gasteiger partial charge >= 0.3 is 0 Å². The minimum Gasteiger partial charge on any atom is -0.222 e. The van der Waals surface area contributed by atoms with Crippen LogP contribution in [0.5, 0.6) is 0 Å². The molecule has 0 unspecified atom stereocenters. The zero-order chi connectivity index (χ0) is 22.0. The molecule has 0 amide bonds. The Kier molecular flexibility index (Phi) is 6.02. The van der Waals surface area contributed by atoms with Crippen LogP contribution in [0.1, 0.15) is 5.56 Å². The van der Waals surface area contributed by atoms with Crippen LogP contribution in [0.4, 0.5) is 0 Å². The lowest BCUT2D eigenvalue weighted by atomic mass is 10.00. The van der Waals surface area contributed by atoms with E-state index in [1.54, 1.807) is 0 Å². The van der Waals surface area contributed by atoms with Crippen LogP contribution < -0.4 is 23.0 Å². The van der Waals surface area contributed by atoms with Crippen LogP contribution >= 0.6 is 11.3 Å². The second kappa shape index (κ2) is 8.72. The topological polar surface area (TPSA) is 96.3 Å². The molecule has 31 heavy (non-hydrogen) atoms. The summed E-state index contributed by atoms with van der Waals surface area (Å²) in [5.41, 5.74) is 7.66. The van der Waals surface area contributed by atoms with E-state index in [1.807, 2.05) is 11.3 Å². The first-order valence-corrected chi connectivity index (χ1v) is 11.5. The van der Waals surface area contributed by atoms with Crippen LogP contribution in [0.25, 0.3) is 37.4 Å². The highest BCUT2D eigenvalue weighted by Crippen LogP contribution is 2.35. The van der Waals surface area contributed by atoms with Gasteiger partial charge in [0.05, 0.1) is 5.56 Å². The molecule has 0 fully saturated rings. The minimum atomic E-state index is -4.94. The van der Waals surface area contributed by atoms with E-state index in [4.69, 9.17) is 18.6 Å². The minimum absolute atomic E-state index is 1.24. The van der Waals surface area contributed by atoms with Crippen LogP contribution in [-0.2, 0) is 0 Å². The number of aromatic nitrogens is 1. The Morgan fingerprint density at radius 1 is 0.710 bits per heavy atom. The van der Waals surface area contributed by atoms with Crippen molar-refractivity contribution < 1.29 is 33.3 Å². The summed E-state index contributed by atoms with van der Waals surface area (Å²) < 4.78 is 37.7. The third kappa shape index (κ3) is 4.75. The number of thiazole rings is 1. The smallest absolute Gasteiger partial charge is 0.222 e. The molecule has 0 aliphatic heterocycles. The maximum Gasteiger partial charge on any atom is 0.276 e. The third-order valence-electron chi connectivity index (χ3n) is 4.85. The lowest BCUT2D eigenvalue weighted by molar-refractivity contribution is -2.00. The molecule has 0 radical (unpaired) electrons. The summed E-state index contributed by atoms with van der Waals surface area (Å²) in [5, 5.41) is 0. The van der Waals surface area contributed by atoms with E-state index in [9.17, 15) is 0 Å². The number of pyridine rings is 1. The first-order valence-electron chi connectivity index (χ1n) is 9.42. The van der Waals surface area contributed by atoms with Crippen molar-refractivity contribution in [2.45, 2.75) is 6.92 Å². The second-order valence-corrected chi connectivity index (χ2v) is 8.69. The van der Waals surface area contributed by atoms with Crippen LogP contribution in [-0.4, -0.2) is 0 Å². The van der Waals surface area contributed by atoms with Gasteiger partial charge < -0.3 is 0 Å². The summed E-state index contributed by atoms with van der Waals surface area (Å²) in [7, 11) is -4.94. The van der Waals surface area contributed by atoms with Crippen LogP contribution in [0.15, 0.2) is 91.0 Å². The highest BCUT2D eigenvalue weighted by atomic mass is 35.7. The molecule has 2 aromatic heterocycles. The van der Waals surface area contributed by atoms with Crippen molar-refractivity contribution in [1.82, 2.24) is 0 Å². The van der Waals surface area contributed by atoms with Crippen molar-refractivity contribution >= 4 is 26.4 Å². The summed E-state index contributed by atoms with van der Waals surface area (Å²) in [6.45, 7) is 2.22. The Morgan fingerprint density at radius 3 is 1.84 bits per heavy atom. The van der Waals surface area contributed by atoms with Crippen LogP contribution in [0, 0.1) is 17.2 Å². The molecule has 5 aromatic rings. The van der Waals surface area contributed by atoms with Gasteiger partial charge in [-0.15, -0.1) is 14.6 Å². The summed E-state index contributed by atoms with van der Waals surface area (Å²) in [5.74, 6) is 0. The van der Waals surface area contributed by atoms with Gasteiger partial charge in [0.1, 0.15) is 4.70 Å². The third-order valence-corrected chi connectivity index (χ3v) is 6.00. The zero-order valence-electron chi connectivity index (χ0n) is 16.5. The van der Waals surface area contributed by atoms with Crippen LogP contribution in [0.2, 0.25) is 0 Å². The molecule has 2 heterocycles. The Bertz CT molecular complexity index is 1330. The SMILES string of the molecule is Cc1cc(-c2ccccc2)[n+]2c(sc3ccccc32)c1-c1ccccc1.[O-][Cl+3]([O-])([O-])[O-]. The number of rotatable bonds is 2. The number of benzene rings is 3. The molecule has 156 valence electrons. The molecule has 0 N–H and O–H groups in total. The lowest BCUT2D eigenvalue weighted by Crippen LogP contribution is -2.68. The van der Waals surface area contributed by atoms with Gasteiger partial charge in [-0.25, -0.2) is 18.6 Å². The molecule has 0 bridgehead atoms. The molecule has 0 spiro atoms. The molecule has 0 saturated carbocycles. The summed E-state index contributed by atoms with van der Waals surface area (Å²) in [6, 6.07) is 32.4. The molecular weight excluding hydrogens is 434 g/mol. The van der Waals surface area contributed by atoms with Crippen molar-refractivity contribution in [1.29, 1.82) is 0 Å². The predicted octanol–water partition coefficient (Wildman–Crippen LogP) is 1.53. The van der Waals surface area contributed by atoms with E-state index in [-0.39, 0.29) is 0 Å². The number of fused-ring (bicyclic) bond motifs is 3. The highest BCUT2D eigenvalue weighted by Gasteiger charge is 2.25. The zero-order valence-corrected chi connectivity index (χ0v) is 18.1. The molecule has 0 aliphatic rings. The first kappa shape index (κ1) is 21.4. The van der Waals surface area contributed by atoms with Gasteiger partial charge in [-0.1, -0.05) is 72.0 Å². The average Bonchev–Trinajstić information content (AvgIpc) is 3.12. The van der Waals surface area contributed by atoms with Gasteiger partial charge in [-0.3, -0.25) is 0 Å². The van der Waals surface area contributed by atoms with E-state index in [0.717, 1.165) is 0 Å². The summed E-state index contributed by atoms with van der Waals surface area (Å²) in [6.07, 6.45) is 0. The quantitative estimate of drug-likeness (QED) is 0.380. The van der Waals surface area contributed by atoms with Crippen LogP contribution in [0.3, 0.4) is 0 Å². The monoisotopic (exact) mass is 451 g/mol. The summed E-state index contributed by atoms with van der Waals surface area (Å²) >= 11 is 1.87. The number of para-hydroxylation sites is 1. The van der Waals surface area contributed by atoms with Crippen molar-refractivity contribution in [3.63, 3.8) is 0 Å². The van der Waals surface area contributed by atoms with E-state index >= 15 is 0 Å². The molecule has 3 aromatic carbocycles. The molecule has 5 nitrogen and oxygen atoms in total. The van der Waals surface area contributed by atoms with Gasteiger partial charge in [-0.05, 0) is 36.2 Å². The van der Waals surface area contributed by atoms with Gasteiger partial charge in [0.15, 0.2) is 0 Å². The Labute approximate surface area is 185 Å². The fourth-order valence-electron chi connectivity index (χ4n) is 3.68. The van der Waals surface area contributed by atoms with E-state index in [1.165, 1.54) is 43.0 Å². The highest BCUT2D eigenvalue weighted by molar-refractivity contribution is 7.23. The van der Waals surface area contributed by atoms with Gasteiger partial charge in [-0.2, -0.15) is 0 Å². The maximum absolute atomic E-state index is 8.49. The molecule has 7 heteroatoms. The molecule has 0 saturated heterocycles. The van der Waals surface area contributed by atoms with Gasteiger partial charge in [0.25, 0.3) is 4.83 Å². The predicted molar refractivity (Wildman–Crippen MR) is 111 cm³/mol. The summed E-state index contributed by atoms with van der Waals surface area (Å²) in [4.78, 5) is 1.30. The van der Waals surface area contributed by atoms with Crippen molar-refractivity contribution in [2.24, 2.45) is 0 Å². The van der Waals surface area contributed by atoms with Gasteiger partial charge in [0, 0.05) is 17.7 Å². The molecular formula is C24H18ClNO4S. The number of aryl methyl sites for hydroxylation is 1. The first-order chi connectivity index (χ1) is 14.8. The largest absolute Gasteiger partial charge is 0.276 e. The van der Waals surface area contributed by atoms with Gasteiger partial charge in [0.2, 0.25) is 11.2 Å². The average molecular weight is 452 g/mol. The Balaban J connectivity index is 0.000000418. The van der Waals surface area contributed by atoms with Crippen molar-refractivity contribution in [2.75, 3.05) is 0 Å². The Morgan fingerprint density at radius 2 is 1.23 bits per heavy atom. The fourth-order valence-corrected chi connectivity index (χ4v) is 4.96. The van der Waals surface area contributed by atoms with Crippen molar-refractivity contribution in [3.05, 3.63) is 96.6 Å².